The van der Waals surface area contributed by atoms with Crippen molar-refractivity contribution in [1.82, 2.24) is 5.32 Å². The van der Waals surface area contributed by atoms with Gasteiger partial charge < -0.3 is 5.32 Å². The molecule has 0 bridgehead atoms. The van der Waals surface area contributed by atoms with Gasteiger partial charge in [-0.05, 0) is 61.7 Å². The summed E-state index contributed by atoms with van der Waals surface area (Å²) in [6.45, 7) is 6.26. The zero-order chi connectivity index (χ0) is 22.6. The zero-order valence-electron chi connectivity index (χ0n) is 18.3. The van der Waals surface area contributed by atoms with Crippen LogP contribution < -0.4 is 9.62 Å². The fraction of sp³-hybridized carbons (Fsp3) is 0.240. The van der Waals surface area contributed by atoms with E-state index in [9.17, 15) is 13.2 Å². The molecule has 31 heavy (non-hydrogen) atoms. The Morgan fingerprint density at radius 2 is 1.61 bits per heavy atom. The first-order chi connectivity index (χ1) is 14.6. The Labute approximate surface area is 184 Å². The highest BCUT2D eigenvalue weighted by Crippen LogP contribution is 2.23. The molecule has 0 spiro atoms. The number of aryl methyl sites for hydroxylation is 2. The third-order valence-corrected chi connectivity index (χ3v) is 6.37. The van der Waals surface area contributed by atoms with Crippen LogP contribution in [-0.2, 0) is 16.6 Å². The molecule has 3 aromatic rings. The van der Waals surface area contributed by atoms with Crippen LogP contribution in [0.5, 0.6) is 0 Å². The van der Waals surface area contributed by atoms with Gasteiger partial charge in [0.05, 0.1) is 24.5 Å². The van der Waals surface area contributed by atoms with E-state index in [0.29, 0.717) is 11.3 Å². The number of anilines is 1. The Morgan fingerprint density at radius 1 is 0.968 bits per heavy atom. The molecule has 0 unspecified atom stereocenters. The SMILES string of the molecule is Cc1ccc([C@@H](C)NC(=O)c2ccc(N(Cc3ccccc3)S(C)(=O)=O)cc2)c(C)c1. The Bertz CT molecular complexity index is 1160. The molecule has 6 heteroatoms. The van der Waals surface area contributed by atoms with E-state index < -0.39 is 10.0 Å². The second-order valence-corrected chi connectivity index (χ2v) is 9.76. The number of rotatable bonds is 7. The van der Waals surface area contributed by atoms with E-state index in [2.05, 4.69) is 11.4 Å². The van der Waals surface area contributed by atoms with Crippen LogP contribution in [0.3, 0.4) is 0 Å². The summed E-state index contributed by atoms with van der Waals surface area (Å²) in [5.41, 5.74) is 5.27. The first-order valence-electron chi connectivity index (χ1n) is 10.1. The molecule has 0 saturated carbocycles. The van der Waals surface area contributed by atoms with Gasteiger partial charge >= 0.3 is 0 Å². The molecule has 0 aromatic heterocycles. The summed E-state index contributed by atoms with van der Waals surface area (Å²) in [6.07, 6.45) is 1.18. The minimum absolute atomic E-state index is 0.140. The minimum atomic E-state index is -3.48. The number of amides is 1. The second kappa shape index (κ2) is 9.35. The lowest BCUT2D eigenvalue weighted by atomic mass is 10.00. The Kier molecular flexibility index (Phi) is 6.81. The van der Waals surface area contributed by atoms with Crippen molar-refractivity contribution >= 4 is 21.6 Å². The summed E-state index contributed by atoms with van der Waals surface area (Å²) in [4.78, 5) is 12.7. The fourth-order valence-corrected chi connectivity index (χ4v) is 4.49. The van der Waals surface area contributed by atoms with Gasteiger partial charge in [0, 0.05) is 5.56 Å². The highest BCUT2D eigenvalue weighted by atomic mass is 32.2. The maximum absolute atomic E-state index is 12.7. The van der Waals surface area contributed by atoms with E-state index >= 15 is 0 Å². The summed E-state index contributed by atoms with van der Waals surface area (Å²) in [7, 11) is -3.48. The first-order valence-corrected chi connectivity index (χ1v) is 12.0. The lowest BCUT2D eigenvalue weighted by Gasteiger charge is -2.23. The number of nitrogens with zero attached hydrogens (tertiary/aromatic N) is 1. The molecule has 162 valence electrons. The number of sulfonamides is 1. The van der Waals surface area contributed by atoms with Crippen LogP contribution >= 0.6 is 0 Å². The topological polar surface area (TPSA) is 66.5 Å². The van der Waals surface area contributed by atoms with Crippen molar-refractivity contribution < 1.29 is 13.2 Å². The van der Waals surface area contributed by atoms with E-state index in [1.807, 2.05) is 63.2 Å². The van der Waals surface area contributed by atoms with Gasteiger partial charge in [-0.1, -0.05) is 54.1 Å². The molecular formula is C25H28N2O3S. The monoisotopic (exact) mass is 436 g/mol. The van der Waals surface area contributed by atoms with Crippen molar-refractivity contribution in [2.45, 2.75) is 33.4 Å². The molecular weight excluding hydrogens is 408 g/mol. The van der Waals surface area contributed by atoms with Crippen LogP contribution in [0.2, 0.25) is 0 Å². The molecule has 1 atom stereocenters. The molecule has 0 radical (unpaired) electrons. The number of carbonyl (C=O) groups is 1. The zero-order valence-corrected chi connectivity index (χ0v) is 19.1. The Balaban J connectivity index is 1.76. The quantitative estimate of drug-likeness (QED) is 0.581. The number of hydrogen-bond acceptors (Lipinski definition) is 3. The summed E-state index contributed by atoms with van der Waals surface area (Å²) < 4.78 is 26.1. The molecule has 3 rings (SSSR count). The maximum Gasteiger partial charge on any atom is 0.251 e. The van der Waals surface area contributed by atoms with Crippen LogP contribution in [0.25, 0.3) is 0 Å². The highest BCUT2D eigenvalue weighted by molar-refractivity contribution is 7.92. The average Bonchev–Trinajstić information content (AvgIpc) is 2.72. The van der Waals surface area contributed by atoms with Crippen molar-refractivity contribution in [2.24, 2.45) is 0 Å². The Hall–Kier alpha value is -3.12. The third-order valence-electron chi connectivity index (χ3n) is 5.23. The third kappa shape index (κ3) is 5.73. The van der Waals surface area contributed by atoms with Crippen LogP contribution in [0.1, 0.15) is 45.6 Å². The average molecular weight is 437 g/mol. The lowest BCUT2D eigenvalue weighted by Crippen LogP contribution is -2.29. The molecule has 1 amide bonds. The van der Waals surface area contributed by atoms with Crippen LogP contribution in [0.15, 0.2) is 72.8 Å². The van der Waals surface area contributed by atoms with Gasteiger partial charge in [-0.3, -0.25) is 9.10 Å². The maximum atomic E-state index is 12.7. The lowest BCUT2D eigenvalue weighted by molar-refractivity contribution is 0.0940. The van der Waals surface area contributed by atoms with Crippen LogP contribution in [0.4, 0.5) is 5.69 Å². The van der Waals surface area contributed by atoms with Gasteiger partial charge in [0.2, 0.25) is 10.0 Å². The van der Waals surface area contributed by atoms with Crippen molar-refractivity contribution in [3.05, 3.63) is 101 Å². The molecule has 0 fully saturated rings. The molecule has 0 aliphatic rings. The van der Waals surface area contributed by atoms with Gasteiger partial charge in [0.1, 0.15) is 0 Å². The summed E-state index contributed by atoms with van der Waals surface area (Å²) in [5.74, 6) is -0.201. The van der Waals surface area contributed by atoms with E-state index in [-0.39, 0.29) is 18.5 Å². The smallest absolute Gasteiger partial charge is 0.251 e. The van der Waals surface area contributed by atoms with Gasteiger partial charge in [0.15, 0.2) is 0 Å². The summed E-state index contributed by atoms with van der Waals surface area (Å²) >= 11 is 0. The van der Waals surface area contributed by atoms with Gasteiger partial charge in [-0.25, -0.2) is 8.42 Å². The van der Waals surface area contributed by atoms with Gasteiger partial charge in [-0.2, -0.15) is 0 Å². The Morgan fingerprint density at radius 3 is 2.19 bits per heavy atom. The standard InChI is InChI=1S/C25H28N2O3S/c1-18-10-15-24(19(2)16-18)20(3)26-25(28)22-11-13-23(14-12-22)27(31(4,29)30)17-21-8-6-5-7-9-21/h5-16,20H,17H2,1-4H3,(H,26,28)/t20-/m1/s1. The molecule has 3 aromatic carbocycles. The molecule has 0 saturated heterocycles. The summed E-state index contributed by atoms with van der Waals surface area (Å²) in [6, 6.07) is 22.1. The molecule has 0 heterocycles. The van der Waals surface area contributed by atoms with E-state index in [4.69, 9.17) is 0 Å². The first kappa shape index (κ1) is 22.6. The van der Waals surface area contributed by atoms with E-state index in [0.717, 1.165) is 16.7 Å². The predicted molar refractivity (Wildman–Crippen MR) is 126 cm³/mol. The highest BCUT2D eigenvalue weighted by Gasteiger charge is 2.19. The van der Waals surface area contributed by atoms with E-state index in [1.54, 1.807) is 24.3 Å². The number of hydrogen-bond donors (Lipinski definition) is 1. The van der Waals surface area contributed by atoms with Gasteiger partial charge in [0.25, 0.3) is 5.91 Å². The number of nitrogens with one attached hydrogen (secondary N) is 1. The molecule has 0 aliphatic heterocycles. The summed E-state index contributed by atoms with van der Waals surface area (Å²) in [5, 5.41) is 3.02. The predicted octanol–water partition coefficient (Wildman–Crippen LogP) is 4.76. The second-order valence-electron chi connectivity index (χ2n) is 7.86. The largest absolute Gasteiger partial charge is 0.346 e. The van der Waals surface area contributed by atoms with Crippen molar-refractivity contribution in [3.63, 3.8) is 0 Å². The van der Waals surface area contributed by atoms with Gasteiger partial charge in [-0.15, -0.1) is 0 Å². The number of carbonyl (C=O) groups excluding carboxylic acids is 1. The fourth-order valence-electron chi connectivity index (χ4n) is 3.60. The molecule has 0 aliphatic carbocycles. The normalized spacial score (nSPS) is 12.3. The van der Waals surface area contributed by atoms with E-state index in [1.165, 1.54) is 16.1 Å². The van der Waals surface area contributed by atoms with Crippen molar-refractivity contribution in [3.8, 4) is 0 Å². The molecule has 5 nitrogen and oxygen atoms in total. The number of benzene rings is 3. The van der Waals surface area contributed by atoms with Crippen LogP contribution in [-0.4, -0.2) is 20.6 Å². The van der Waals surface area contributed by atoms with Crippen molar-refractivity contribution in [1.29, 1.82) is 0 Å². The molecule has 1 N–H and O–H groups in total. The van der Waals surface area contributed by atoms with Crippen molar-refractivity contribution in [2.75, 3.05) is 10.6 Å². The van der Waals surface area contributed by atoms with Crippen LogP contribution in [0, 0.1) is 13.8 Å². The minimum Gasteiger partial charge on any atom is -0.346 e.